The zero-order valence-electron chi connectivity index (χ0n) is 9.05. The van der Waals surface area contributed by atoms with Gasteiger partial charge in [-0.3, -0.25) is 4.79 Å². The maximum atomic E-state index is 13.3. The van der Waals surface area contributed by atoms with Crippen LogP contribution in [0, 0.1) is 5.82 Å². The number of carboxylic acid groups (broad SMARTS) is 1. The minimum Gasteiger partial charge on any atom is -0.481 e. The molecule has 0 aliphatic rings. The van der Waals surface area contributed by atoms with Gasteiger partial charge >= 0.3 is 5.97 Å². The normalized spacial score (nSPS) is 14.5. The lowest BCUT2D eigenvalue weighted by Crippen LogP contribution is -2.32. The molecule has 0 spiro atoms. The van der Waals surface area contributed by atoms with Crippen molar-refractivity contribution < 1.29 is 14.3 Å². The van der Waals surface area contributed by atoms with Crippen LogP contribution in [0.4, 0.5) is 10.1 Å². The zero-order chi connectivity index (χ0) is 12.5. The van der Waals surface area contributed by atoms with Crippen molar-refractivity contribution in [2.75, 3.05) is 5.73 Å². The molecule has 1 atom stereocenters. The number of rotatable bonds is 3. The molecule has 0 fully saturated rings. The SMILES string of the molecule is CCC(C)(C(=O)O)c1cc(F)cc(Br)c1N. The Balaban J connectivity index is 3.47. The van der Waals surface area contributed by atoms with E-state index in [2.05, 4.69) is 15.9 Å². The van der Waals surface area contributed by atoms with Gasteiger partial charge in [-0.25, -0.2) is 4.39 Å². The molecule has 0 saturated carbocycles. The second-order valence-corrected chi connectivity index (χ2v) is 4.69. The highest BCUT2D eigenvalue weighted by Crippen LogP contribution is 2.36. The topological polar surface area (TPSA) is 63.3 Å². The van der Waals surface area contributed by atoms with Crippen LogP contribution in [0.1, 0.15) is 25.8 Å². The van der Waals surface area contributed by atoms with E-state index in [1.54, 1.807) is 6.92 Å². The van der Waals surface area contributed by atoms with Gasteiger partial charge in [0.25, 0.3) is 0 Å². The van der Waals surface area contributed by atoms with Crippen molar-refractivity contribution in [1.82, 2.24) is 0 Å². The third kappa shape index (κ3) is 2.04. The molecule has 0 radical (unpaired) electrons. The van der Waals surface area contributed by atoms with Crippen LogP contribution >= 0.6 is 15.9 Å². The second kappa shape index (κ2) is 4.41. The fraction of sp³-hybridized carbons (Fsp3) is 0.364. The van der Waals surface area contributed by atoms with E-state index in [9.17, 15) is 14.3 Å². The number of nitrogen functional groups attached to an aromatic ring is 1. The van der Waals surface area contributed by atoms with Crippen LogP contribution in [0.2, 0.25) is 0 Å². The minimum absolute atomic E-state index is 0.271. The maximum Gasteiger partial charge on any atom is 0.313 e. The molecule has 0 saturated heterocycles. The third-order valence-corrected chi connectivity index (χ3v) is 3.52. The molecule has 3 N–H and O–H groups in total. The smallest absolute Gasteiger partial charge is 0.313 e. The van der Waals surface area contributed by atoms with E-state index in [4.69, 9.17) is 5.73 Å². The van der Waals surface area contributed by atoms with Crippen LogP contribution in [0.5, 0.6) is 0 Å². The van der Waals surface area contributed by atoms with Crippen molar-refractivity contribution >= 4 is 27.6 Å². The number of carboxylic acids is 1. The lowest BCUT2D eigenvalue weighted by Gasteiger charge is -2.25. The van der Waals surface area contributed by atoms with E-state index >= 15 is 0 Å². The van der Waals surface area contributed by atoms with Crippen LogP contribution in [0.3, 0.4) is 0 Å². The molecule has 0 heterocycles. The Morgan fingerprint density at radius 2 is 2.19 bits per heavy atom. The van der Waals surface area contributed by atoms with Gasteiger partial charge in [0, 0.05) is 4.47 Å². The summed E-state index contributed by atoms with van der Waals surface area (Å²) in [5, 5.41) is 9.20. The summed E-state index contributed by atoms with van der Waals surface area (Å²) in [4.78, 5) is 11.2. The summed E-state index contributed by atoms with van der Waals surface area (Å²) < 4.78 is 13.6. The number of nitrogens with two attached hydrogens (primary N) is 1. The van der Waals surface area contributed by atoms with E-state index in [-0.39, 0.29) is 5.69 Å². The highest BCUT2D eigenvalue weighted by Gasteiger charge is 2.35. The Kier molecular flexibility index (Phi) is 3.57. The first kappa shape index (κ1) is 13.0. The van der Waals surface area contributed by atoms with Crippen LogP contribution in [-0.4, -0.2) is 11.1 Å². The first-order valence-corrected chi connectivity index (χ1v) is 5.60. The summed E-state index contributed by atoms with van der Waals surface area (Å²) >= 11 is 3.11. The van der Waals surface area contributed by atoms with Crippen molar-refractivity contribution in [3.8, 4) is 0 Å². The van der Waals surface area contributed by atoms with E-state index in [1.807, 2.05) is 0 Å². The molecular formula is C11H13BrFNO2. The summed E-state index contributed by atoms with van der Waals surface area (Å²) in [6.45, 7) is 3.26. The quantitative estimate of drug-likeness (QED) is 0.841. The molecule has 1 aromatic carbocycles. The molecule has 5 heteroatoms. The van der Waals surface area contributed by atoms with Gasteiger partial charge in [0.05, 0.1) is 11.1 Å². The average Bonchev–Trinajstić information content (AvgIpc) is 2.21. The van der Waals surface area contributed by atoms with Crippen molar-refractivity contribution in [3.63, 3.8) is 0 Å². The van der Waals surface area contributed by atoms with Gasteiger partial charge in [0.2, 0.25) is 0 Å². The van der Waals surface area contributed by atoms with E-state index in [0.717, 1.165) is 0 Å². The van der Waals surface area contributed by atoms with Crippen LogP contribution < -0.4 is 5.73 Å². The predicted octanol–water partition coefficient (Wildman–Crippen LogP) is 2.92. The van der Waals surface area contributed by atoms with E-state index in [1.165, 1.54) is 19.1 Å². The van der Waals surface area contributed by atoms with Gasteiger partial charge in [-0.15, -0.1) is 0 Å². The molecule has 88 valence electrons. The summed E-state index contributed by atoms with van der Waals surface area (Å²) in [6.07, 6.45) is 0.336. The molecule has 1 unspecified atom stereocenters. The lowest BCUT2D eigenvalue weighted by molar-refractivity contribution is -0.143. The molecule has 1 rings (SSSR count). The Morgan fingerprint density at radius 3 is 2.62 bits per heavy atom. The van der Waals surface area contributed by atoms with Crippen LogP contribution in [0.15, 0.2) is 16.6 Å². The van der Waals surface area contributed by atoms with Crippen molar-refractivity contribution in [2.24, 2.45) is 0 Å². The monoisotopic (exact) mass is 289 g/mol. The highest BCUT2D eigenvalue weighted by molar-refractivity contribution is 9.10. The molecular weight excluding hydrogens is 277 g/mol. The lowest BCUT2D eigenvalue weighted by atomic mass is 9.79. The van der Waals surface area contributed by atoms with Gasteiger partial charge in [-0.2, -0.15) is 0 Å². The molecule has 0 bridgehead atoms. The van der Waals surface area contributed by atoms with Gasteiger partial charge in [0.1, 0.15) is 5.82 Å². The van der Waals surface area contributed by atoms with Crippen molar-refractivity contribution in [2.45, 2.75) is 25.7 Å². The number of hydrogen-bond donors (Lipinski definition) is 2. The van der Waals surface area contributed by atoms with Gasteiger partial charge in [-0.1, -0.05) is 6.92 Å². The fourth-order valence-corrected chi connectivity index (χ4v) is 1.93. The maximum absolute atomic E-state index is 13.3. The molecule has 0 aromatic heterocycles. The molecule has 0 aliphatic heterocycles. The Bertz CT molecular complexity index is 436. The van der Waals surface area contributed by atoms with E-state index in [0.29, 0.717) is 16.5 Å². The molecule has 3 nitrogen and oxygen atoms in total. The van der Waals surface area contributed by atoms with Gasteiger partial charge < -0.3 is 10.8 Å². The number of benzene rings is 1. The Morgan fingerprint density at radius 1 is 1.62 bits per heavy atom. The molecule has 16 heavy (non-hydrogen) atoms. The number of hydrogen-bond acceptors (Lipinski definition) is 2. The van der Waals surface area contributed by atoms with Gasteiger partial charge in [0.15, 0.2) is 0 Å². The number of halogens is 2. The van der Waals surface area contributed by atoms with Crippen LogP contribution in [0.25, 0.3) is 0 Å². The Hall–Kier alpha value is -1.10. The number of aliphatic carboxylic acids is 1. The largest absolute Gasteiger partial charge is 0.481 e. The van der Waals surface area contributed by atoms with Crippen molar-refractivity contribution in [1.29, 1.82) is 0 Å². The van der Waals surface area contributed by atoms with Crippen LogP contribution in [-0.2, 0) is 10.2 Å². The summed E-state index contributed by atoms with van der Waals surface area (Å²) in [7, 11) is 0. The molecule has 0 amide bonds. The highest BCUT2D eigenvalue weighted by atomic mass is 79.9. The summed E-state index contributed by atoms with van der Waals surface area (Å²) in [6, 6.07) is 2.40. The minimum atomic E-state index is -1.17. The standard InChI is InChI=1S/C11H13BrFNO2/c1-3-11(2,10(15)16)7-4-6(13)5-8(12)9(7)14/h4-5H,3,14H2,1-2H3,(H,15,16). The molecule has 1 aromatic rings. The average molecular weight is 290 g/mol. The zero-order valence-corrected chi connectivity index (χ0v) is 10.6. The number of anilines is 1. The Labute approximate surface area is 102 Å². The molecule has 0 aliphatic carbocycles. The first-order valence-electron chi connectivity index (χ1n) is 4.81. The van der Waals surface area contributed by atoms with Gasteiger partial charge in [-0.05, 0) is 47.0 Å². The summed E-state index contributed by atoms with van der Waals surface area (Å²) in [5.41, 5.74) is 5.17. The first-order chi connectivity index (χ1) is 7.32. The number of carbonyl (C=O) groups is 1. The second-order valence-electron chi connectivity index (χ2n) is 3.84. The third-order valence-electron chi connectivity index (χ3n) is 2.87. The summed E-state index contributed by atoms with van der Waals surface area (Å²) in [5.74, 6) is -1.52. The predicted molar refractivity (Wildman–Crippen MR) is 63.8 cm³/mol. The fourth-order valence-electron chi connectivity index (χ4n) is 1.50. The van der Waals surface area contributed by atoms with E-state index < -0.39 is 17.2 Å². The van der Waals surface area contributed by atoms with Crippen molar-refractivity contribution in [3.05, 3.63) is 28.0 Å².